The number of hydrogen-bond donors (Lipinski definition) is 2. The maximum Gasteiger partial charge on any atom is 0.255 e. The number of likely N-dealkylation sites (tertiary alicyclic amines) is 2. The molecule has 4 aliphatic rings. The van der Waals surface area contributed by atoms with E-state index in [9.17, 15) is 19.5 Å². The Kier molecular flexibility index (Phi) is 9.96. The van der Waals surface area contributed by atoms with Crippen molar-refractivity contribution in [3.63, 3.8) is 0 Å². The average molecular weight is 727 g/mol. The fourth-order valence-electron chi connectivity index (χ4n) is 8.57. The minimum Gasteiger partial charge on any atom is -0.508 e. The second-order valence-electron chi connectivity index (χ2n) is 15.0. The number of carbonyl (C=O) groups is 3. The van der Waals surface area contributed by atoms with Crippen LogP contribution in [-0.4, -0.2) is 96.1 Å². The molecule has 54 heavy (non-hydrogen) atoms. The standard InChI is InChI=1S/C44H46N4O6/c1-2-37(30-6-4-3-5-7-30)41(31-8-12-34(49)13-9-31)32-10-14-35(15-11-32)53-22-20-46-26-44(27-46)28-47(29-44)21-23-54-36-16-17-38-33(24-36)25-48(43(38)52)39-18-19-40(50)45-42(39)51/h3-17,24,39,49H,2,18-23,25-29H2,1H3,(H,45,50,51)/b41-37-. The summed E-state index contributed by atoms with van der Waals surface area (Å²) in [4.78, 5) is 43.3. The molecule has 10 nitrogen and oxygen atoms in total. The van der Waals surface area contributed by atoms with Crippen LogP contribution in [0.4, 0.5) is 0 Å². The van der Waals surface area contributed by atoms with E-state index in [1.165, 1.54) is 11.1 Å². The van der Waals surface area contributed by atoms with Crippen LogP contribution in [0.25, 0.3) is 11.1 Å². The first kappa shape index (κ1) is 35.6. The van der Waals surface area contributed by atoms with E-state index < -0.39 is 11.9 Å². The molecule has 4 aromatic rings. The van der Waals surface area contributed by atoms with Crippen molar-refractivity contribution in [3.8, 4) is 17.2 Å². The van der Waals surface area contributed by atoms with Crippen molar-refractivity contribution < 1.29 is 29.0 Å². The molecule has 0 saturated carbocycles. The summed E-state index contributed by atoms with van der Waals surface area (Å²) in [5.41, 5.74) is 7.58. The summed E-state index contributed by atoms with van der Waals surface area (Å²) in [6.45, 7) is 9.74. The molecule has 3 saturated heterocycles. The lowest BCUT2D eigenvalue weighted by atomic mass is 9.73. The Bertz CT molecular complexity index is 2050. The lowest BCUT2D eigenvalue weighted by Gasteiger charge is -2.60. The second kappa shape index (κ2) is 15.1. The minimum absolute atomic E-state index is 0.175. The number of benzene rings is 4. The largest absolute Gasteiger partial charge is 0.508 e. The van der Waals surface area contributed by atoms with Gasteiger partial charge in [0.05, 0.1) is 0 Å². The Morgan fingerprint density at radius 3 is 2.02 bits per heavy atom. The highest BCUT2D eigenvalue weighted by atomic mass is 16.5. The number of carbonyl (C=O) groups excluding carboxylic acids is 3. The molecule has 0 aliphatic carbocycles. The van der Waals surface area contributed by atoms with Crippen LogP contribution < -0.4 is 14.8 Å². The monoisotopic (exact) mass is 726 g/mol. The van der Waals surface area contributed by atoms with Gasteiger partial charge in [-0.15, -0.1) is 0 Å². The van der Waals surface area contributed by atoms with Gasteiger partial charge in [-0.05, 0) is 88.7 Å². The number of aromatic hydroxyl groups is 1. The van der Waals surface area contributed by atoms with E-state index in [1.807, 2.05) is 30.3 Å². The highest BCUT2D eigenvalue weighted by Gasteiger charge is 2.51. The number of phenolic OH excluding ortho intramolecular Hbond substituents is 1. The number of phenols is 1. The van der Waals surface area contributed by atoms with Crippen molar-refractivity contribution in [2.45, 2.75) is 38.8 Å². The molecule has 10 heteroatoms. The smallest absolute Gasteiger partial charge is 0.255 e. The summed E-state index contributed by atoms with van der Waals surface area (Å²) in [6.07, 6.45) is 1.46. The van der Waals surface area contributed by atoms with Crippen molar-refractivity contribution in [1.29, 1.82) is 0 Å². The van der Waals surface area contributed by atoms with Gasteiger partial charge in [0.2, 0.25) is 11.8 Å². The third-order valence-electron chi connectivity index (χ3n) is 11.2. The molecule has 4 aliphatic heterocycles. The summed E-state index contributed by atoms with van der Waals surface area (Å²) < 4.78 is 12.3. The Morgan fingerprint density at radius 2 is 1.39 bits per heavy atom. The average Bonchev–Trinajstić information content (AvgIpc) is 3.47. The zero-order valence-electron chi connectivity index (χ0n) is 30.6. The molecule has 1 unspecified atom stereocenters. The van der Waals surface area contributed by atoms with Gasteiger partial charge in [-0.2, -0.15) is 0 Å². The normalized spacial score (nSPS) is 19.8. The molecule has 1 atom stereocenters. The first-order valence-corrected chi connectivity index (χ1v) is 18.9. The van der Waals surface area contributed by atoms with Crippen LogP contribution in [-0.2, 0) is 16.1 Å². The van der Waals surface area contributed by atoms with Gasteiger partial charge in [0.25, 0.3) is 5.91 Å². The molecular weight excluding hydrogens is 681 g/mol. The van der Waals surface area contributed by atoms with Gasteiger partial charge in [0.1, 0.15) is 36.5 Å². The van der Waals surface area contributed by atoms with Crippen LogP contribution in [0.3, 0.4) is 0 Å². The molecule has 2 N–H and O–H groups in total. The Hall–Kier alpha value is -5.45. The fourth-order valence-corrected chi connectivity index (χ4v) is 8.57. The molecule has 0 bridgehead atoms. The fraction of sp³-hybridized carbons (Fsp3) is 0.341. The summed E-state index contributed by atoms with van der Waals surface area (Å²) in [7, 11) is 0. The van der Waals surface area contributed by atoms with Crippen molar-refractivity contribution in [1.82, 2.24) is 20.0 Å². The van der Waals surface area contributed by atoms with Gasteiger partial charge in [-0.25, -0.2) is 0 Å². The maximum absolute atomic E-state index is 13.0. The predicted molar refractivity (Wildman–Crippen MR) is 206 cm³/mol. The number of ether oxygens (including phenoxy) is 2. The van der Waals surface area contributed by atoms with Crippen molar-refractivity contribution in [2.75, 3.05) is 52.5 Å². The predicted octanol–water partition coefficient (Wildman–Crippen LogP) is 5.60. The first-order valence-electron chi connectivity index (χ1n) is 18.9. The van der Waals surface area contributed by atoms with Crippen LogP contribution in [0.15, 0.2) is 97.1 Å². The zero-order chi connectivity index (χ0) is 37.2. The number of hydrogen-bond acceptors (Lipinski definition) is 8. The van der Waals surface area contributed by atoms with E-state index in [1.54, 1.807) is 23.1 Å². The molecule has 4 aromatic carbocycles. The lowest BCUT2D eigenvalue weighted by Crippen LogP contribution is -2.72. The number of rotatable bonds is 13. The molecule has 8 rings (SSSR count). The van der Waals surface area contributed by atoms with E-state index in [0.29, 0.717) is 37.2 Å². The van der Waals surface area contributed by atoms with E-state index in [0.717, 1.165) is 79.5 Å². The number of piperidine rings is 1. The van der Waals surface area contributed by atoms with Crippen LogP contribution in [0.2, 0.25) is 0 Å². The molecule has 278 valence electrons. The second-order valence-corrected chi connectivity index (χ2v) is 15.0. The topological polar surface area (TPSA) is 112 Å². The van der Waals surface area contributed by atoms with Gasteiger partial charge < -0.3 is 19.5 Å². The molecule has 0 radical (unpaired) electrons. The number of nitrogens with zero attached hydrogens (tertiary/aromatic N) is 3. The summed E-state index contributed by atoms with van der Waals surface area (Å²) in [5, 5.41) is 12.3. The lowest BCUT2D eigenvalue weighted by molar-refractivity contribution is -0.136. The van der Waals surface area contributed by atoms with E-state index in [4.69, 9.17) is 9.47 Å². The van der Waals surface area contributed by atoms with Crippen LogP contribution in [0, 0.1) is 5.41 Å². The highest BCUT2D eigenvalue weighted by molar-refractivity contribution is 6.05. The summed E-state index contributed by atoms with van der Waals surface area (Å²) >= 11 is 0. The van der Waals surface area contributed by atoms with Crippen molar-refractivity contribution >= 4 is 28.9 Å². The van der Waals surface area contributed by atoms with Crippen LogP contribution in [0.5, 0.6) is 17.2 Å². The van der Waals surface area contributed by atoms with Gasteiger partial charge in [-0.1, -0.05) is 61.5 Å². The van der Waals surface area contributed by atoms with Crippen molar-refractivity contribution in [3.05, 3.63) is 125 Å². The molecule has 4 heterocycles. The minimum atomic E-state index is -0.617. The number of fused-ring (bicyclic) bond motifs is 1. The Balaban J connectivity index is 0.770. The van der Waals surface area contributed by atoms with Crippen molar-refractivity contribution in [2.24, 2.45) is 5.41 Å². The first-order chi connectivity index (χ1) is 26.3. The molecule has 0 aromatic heterocycles. The number of imide groups is 1. The summed E-state index contributed by atoms with van der Waals surface area (Å²) in [5.74, 6) is 0.965. The zero-order valence-corrected chi connectivity index (χ0v) is 30.6. The van der Waals surface area contributed by atoms with Gasteiger partial charge in [0.15, 0.2) is 0 Å². The molecular formula is C44H46N4O6. The van der Waals surface area contributed by atoms with Crippen LogP contribution in [0.1, 0.15) is 58.8 Å². The van der Waals surface area contributed by atoms with E-state index in [-0.39, 0.29) is 24.0 Å². The number of allylic oxidation sites excluding steroid dienone is 1. The van der Waals surface area contributed by atoms with Gasteiger partial charge in [-0.3, -0.25) is 29.5 Å². The van der Waals surface area contributed by atoms with E-state index >= 15 is 0 Å². The Morgan fingerprint density at radius 1 is 0.778 bits per heavy atom. The maximum atomic E-state index is 13.0. The van der Waals surface area contributed by atoms with Gasteiger partial charge >= 0.3 is 0 Å². The number of amides is 3. The quantitative estimate of drug-likeness (QED) is 0.136. The Labute approximate surface area is 316 Å². The molecule has 3 amide bonds. The third-order valence-corrected chi connectivity index (χ3v) is 11.2. The number of nitrogens with one attached hydrogen (secondary N) is 1. The third kappa shape index (κ3) is 7.36. The van der Waals surface area contributed by atoms with Crippen LogP contribution >= 0.6 is 0 Å². The highest BCUT2D eigenvalue weighted by Crippen LogP contribution is 2.40. The summed E-state index contributed by atoms with van der Waals surface area (Å²) in [6, 6.07) is 31.2. The SMILES string of the molecule is CC/C(=C(\c1ccc(O)cc1)c1ccc(OCCN2CC3(C2)CN(CCOc2ccc4c(c2)CN(C2CCC(=O)NC2=O)C4=O)C3)cc1)c1ccccc1. The molecule has 3 fully saturated rings. The molecule has 1 spiro atoms. The van der Waals surface area contributed by atoms with E-state index in [2.05, 4.69) is 70.6 Å². The van der Waals surface area contributed by atoms with Gasteiger partial charge in [0, 0.05) is 63.2 Å².